The molecule has 132 valence electrons. The first-order valence-corrected chi connectivity index (χ1v) is 8.72. The molecule has 0 heterocycles. The van der Waals surface area contributed by atoms with E-state index in [-0.39, 0.29) is 12.5 Å². The lowest BCUT2D eigenvalue weighted by molar-refractivity contribution is -0.119. The summed E-state index contributed by atoms with van der Waals surface area (Å²) >= 11 is 5.24. The molecule has 1 fully saturated rings. The summed E-state index contributed by atoms with van der Waals surface area (Å²) in [5.74, 6) is 1.15. The Labute approximate surface area is 148 Å². The summed E-state index contributed by atoms with van der Waals surface area (Å²) in [6.45, 7) is 2.37. The van der Waals surface area contributed by atoms with Crippen molar-refractivity contribution in [3.05, 3.63) is 24.3 Å². The summed E-state index contributed by atoms with van der Waals surface area (Å²) in [6.07, 6.45) is 4.85. The fourth-order valence-corrected chi connectivity index (χ4v) is 3.02. The largest absolute Gasteiger partial charge is 0.497 e. The monoisotopic (exact) mass is 350 g/mol. The van der Waals surface area contributed by atoms with Gasteiger partial charge in [0.05, 0.1) is 13.7 Å². The average Bonchev–Trinajstić information content (AvgIpc) is 2.60. The van der Waals surface area contributed by atoms with Gasteiger partial charge in [-0.2, -0.15) is 0 Å². The van der Waals surface area contributed by atoms with Crippen LogP contribution in [-0.2, 0) is 4.79 Å². The normalized spacial score (nSPS) is 19.9. The molecule has 2 rings (SSSR count). The Balaban J connectivity index is 1.67. The highest BCUT2D eigenvalue weighted by Gasteiger charge is 2.21. The molecule has 0 aliphatic heterocycles. The maximum atomic E-state index is 11.9. The van der Waals surface area contributed by atoms with E-state index in [1.165, 1.54) is 19.3 Å². The first-order chi connectivity index (χ1) is 11.6. The van der Waals surface area contributed by atoms with Gasteiger partial charge in [0, 0.05) is 17.8 Å². The lowest BCUT2D eigenvalue weighted by Crippen LogP contribution is -2.52. The molecule has 0 bridgehead atoms. The van der Waals surface area contributed by atoms with Gasteiger partial charge in [0.1, 0.15) is 5.75 Å². The predicted octanol–water partition coefficient (Wildman–Crippen LogP) is 2.18. The second-order valence-corrected chi connectivity index (χ2v) is 6.51. The van der Waals surface area contributed by atoms with Crippen LogP contribution in [0.3, 0.4) is 0 Å². The molecule has 2 atom stereocenters. The zero-order valence-corrected chi connectivity index (χ0v) is 15.0. The maximum Gasteiger partial charge on any atom is 0.257 e. The smallest absolute Gasteiger partial charge is 0.257 e. The predicted molar refractivity (Wildman–Crippen MR) is 99.9 cm³/mol. The van der Waals surface area contributed by atoms with Crippen molar-refractivity contribution in [2.75, 3.05) is 19.0 Å². The molecule has 1 amide bonds. The Hall–Kier alpha value is -2.02. The number of methoxy groups -OCH3 is 1. The molecule has 0 radical (unpaired) electrons. The van der Waals surface area contributed by atoms with Crippen LogP contribution in [0.15, 0.2) is 24.3 Å². The molecule has 0 spiro atoms. The zero-order chi connectivity index (χ0) is 17.4. The fraction of sp³-hybridized carbons (Fsp3) is 0.529. The molecule has 1 aliphatic rings. The van der Waals surface area contributed by atoms with E-state index in [1.54, 1.807) is 7.11 Å². The minimum Gasteiger partial charge on any atom is -0.497 e. The van der Waals surface area contributed by atoms with Crippen LogP contribution in [0.2, 0.25) is 0 Å². The quantitative estimate of drug-likeness (QED) is 0.482. The van der Waals surface area contributed by atoms with Gasteiger partial charge in [-0.1, -0.05) is 25.8 Å². The van der Waals surface area contributed by atoms with Gasteiger partial charge in [0.15, 0.2) is 5.11 Å². The van der Waals surface area contributed by atoms with Crippen molar-refractivity contribution in [2.45, 2.75) is 38.6 Å². The molecule has 4 N–H and O–H groups in total. The molecule has 0 aromatic heterocycles. The van der Waals surface area contributed by atoms with Crippen LogP contribution in [-0.4, -0.2) is 30.7 Å². The molecular weight excluding hydrogens is 324 g/mol. The number of benzene rings is 1. The molecule has 0 saturated heterocycles. The van der Waals surface area contributed by atoms with E-state index in [9.17, 15) is 4.79 Å². The average molecular weight is 350 g/mol. The third kappa shape index (κ3) is 5.88. The van der Waals surface area contributed by atoms with E-state index >= 15 is 0 Å². The SMILES string of the molecule is COc1cccc(NCC(=O)NNC(=S)N[C@H]2CCCC[C@@H]2C)c1. The highest BCUT2D eigenvalue weighted by molar-refractivity contribution is 7.80. The molecule has 1 saturated carbocycles. The molecule has 1 aromatic carbocycles. The minimum atomic E-state index is -0.196. The number of nitrogens with one attached hydrogen (secondary N) is 4. The van der Waals surface area contributed by atoms with Gasteiger partial charge in [-0.3, -0.25) is 15.6 Å². The molecular formula is C17H26N4O2S. The minimum absolute atomic E-state index is 0.141. The maximum absolute atomic E-state index is 11.9. The lowest BCUT2D eigenvalue weighted by atomic mass is 9.86. The topological polar surface area (TPSA) is 74.4 Å². The molecule has 1 aromatic rings. The van der Waals surface area contributed by atoms with Crippen molar-refractivity contribution in [2.24, 2.45) is 5.92 Å². The number of carbonyl (C=O) groups is 1. The van der Waals surface area contributed by atoms with Gasteiger partial charge < -0.3 is 15.4 Å². The summed E-state index contributed by atoms with van der Waals surface area (Å²) in [5.41, 5.74) is 6.19. The highest BCUT2D eigenvalue weighted by atomic mass is 32.1. The number of hydrogen-bond acceptors (Lipinski definition) is 4. The first kappa shape index (κ1) is 18.3. The number of ether oxygens (including phenoxy) is 1. The number of hydrogen-bond donors (Lipinski definition) is 4. The summed E-state index contributed by atoms with van der Waals surface area (Å²) < 4.78 is 5.14. The summed E-state index contributed by atoms with van der Waals surface area (Å²) in [4.78, 5) is 11.9. The van der Waals surface area contributed by atoms with Crippen molar-refractivity contribution in [3.8, 4) is 5.75 Å². The number of amides is 1. The third-order valence-corrected chi connectivity index (χ3v) is 4.49. The molecule has 6 nitrogen and oxygen atoms in total. The molecule has 7 heteroatoms. The lowest BCUT2D eigenvalue weighted by Gasteiger charge is -2.30. The number of carbonyl (C=O) groups excluding carboxylic acids is 1. The summed E-state index contributed by atoms with van der Waals surface area (Å²) in [6, 6.07) is 7.80. The van der Waals surface area contributed by atoms with Crippen molar-refractivity contribution in [3.63, 3.8) is 0 Å². The van der Waals surface area contributed by atoms with Crippen LogP contribution in [0, 0.1) is 5.92 Å². The number of hydrazine groups is 1. The Morgan fingerprint density at radius 2 is 2.08 bits per heavy atom. The number of rotatable bonds is 5. The van der Waals surface area contributed by atoms with Crippen LogP contribution in [0.25, 0.3) is 0 Å². The van der Waals surface area contributed by atoms with Crippen LogP contribution < -0.4 is 26.2 Å². The summed E-state index contributed by atoms with van der Waals surface area (Å²) in [5, 5.41) is 6.78. The Morgan fingerprint density at radius 3 is 2.83 bits per heavy atom. The molecule has 0 unspecified atom stereocenters. The van der Waals surface area contributed by atoms with E-state index in [0.717, 1.165) is 17.9 Å². The second kappa shape index (κ2) is 9.32. The van der Waals surface area contributed by atoms with E-state index in [2.05, 4.69) is 28.4 Å². The van der Waals surface area contributed by atoms with Crippen LogP contribution in [0.5, 0.6) is 5.75 Å². The van der Waals surface area contributed by atoms with E-state index in [4.69, 9.17) is 17.0 Å². The van der Waals surface area contributed by atoms with Gasteiger partial charge in [0.25, 0.3) is 5.91 Å². The Morgan fingerprint density at radius 1 is 1.29 bits per heavy atom. The van der Waals surface area contributed by atoms with Gasteiger partial charge >= 0.3 is 0 Å². The van der Waals surface area contributed by atoms with Crippen molar-refractivity contribution in [1.82, 2.24) is 16.2 Å². The summed E-state index contributed by atoms with van der Waals surface area (Å²) in [7, 11) is 1.61. The fourth-order valence-electron chi connectivity index (χ4n) is 2.82. The van der Waals surface area contributed by atoms with Crippen molar-refractivity contribution >= 4 is 28.9 Å². The third-order valence-electron chi connectivity index (χ3n) is 4.27. The number of anilines is 1. The zero-order valence-electron chi connectivity index (χ0n) is 14.2. The first-order valence-electron chi connectivity index (χ1n) is 8.31. The molecule has 1 aliphatic carbocycles. The van der Waals surface area contributed by atoms with E-state index in [1.807, 2.05) is 24.3 Å². The molecule has 24 heavy (non-hydrogen) atoms. The number of thiocarbonyl (C=S) groups is 1. The second-order valence-electron chi connectivity index (χ2n) is 6.10. The Kier molecular flexibility index (Phi) is 7.11. The highest BCUT2D eigenvalue weighted by Crippen LogP contribution is 2.23. The van der Waals surface area contributed by atoms with Gasteiger partial charge in [-0.05, 0) is 43.1 Å². The van der Waals surface area contributed by atoms with Crippen LogP contribution in [0.4, 0.5) is 5.69 Å². The van der Waals surface area contributed by atoms with E-state index < -0.39 is 0 Å². The van der Waals surface area contributed by atoms with Crippen molar-refractivity contribution in [1.29, 1.82) is 0 Å². The van der Waals surface area contributed by atoms with Crippen LogP contribution in [0.1, 0.15) is 32.6 Å². The van der Waals surface area contributed by atoms with Gasteiger partial charge in [-0.25, -0.2) is 0 Å². The van der Waals surface area contributed by atoms with Gasteiger partial charge in [-0.15, -0.1) is 0 Å². The van der Waals surface area contributed by atoms with Crippen LogP contribution >= 0.6 is 12.2 Å². The standard InChI is InChI=1S/C17H26N4O2S/c1-12-6-3-4-9-15(12)19-17(24)21-20-16(22)11-18-13-7-5-8-14(10-13)23-2/h5,7-8,10,12,15,18H,3-4,6,9,11H2,1-2H3,(H,20,22)(H2,19,21,24)/t12-,15-/m0/s1. The van der Waals surface area contributed by atoms with Crippen molar-refractivity contribution < 1.29 is 9.53 Å². The van der Waals surface area contributed by atoms with E-state index in [0.29, 0.717) is 17.1 Å². The van der Waals surface area contributed by atoms with Gasteiger partial charge in [0.2, 0.25) is 0 Å². The Bertz CT molecular complexity index is 567.